The first kappa shape index (κ1) is 16.7. The van der Waals surface area contributed by atoms with Crippen molar-refractivity contribution in [1.82, 2.24) is 13.9 Å². The molecule has 2 aliphatic rings. The zero-order valence-corrected chi connectivity index (χ0v) is 13.8. The van der Waals surface area contributed by atoms with E-state index in [0.717, 1.165) is 0 Å². The van der Waals surface area contributed by atoms with E-state index in [0.29, 0.717) is 39.0 Å². The van der Waals surface area contributed by atoms with E-state index in [4.69, 9.17) is 4.74 Å². The molecule has 1 N–H and O–H groups in total. The van der Waals surface area contributed by atoms with Crippen molar-refractivity contribution in [2.75, 3.05) is 32.8 Å². The average molecular weight is 319 g/mol. The van der Waals surface area contributed by atoms with Gasteiger partial charge in [-0.1, -0.05) is 0 Å². The van der Waals surface area contributed by atoms with Gasteiger partial charge in [-0.2, -0.15) is 17.0 Å². The number of esters is 1. The molecule has 2 heterocycles. The molecule has 0 aliphatic carbocycles. The summed E-state index contributed by atoms with van der Waals surface area (Å²) in [5, 5.41) is 3.21. The molecule has 7 nitrogen and oxygen atoms in total. The summed E-state index contributed by atoms with van der Waals surface area (Å²) in [6, 6.07) is -0.680. The van der Waals surface area contributed by atoms with Gasteiger partial charge in [0.1, 0.15) is 6.04 Å². The lowest BCUT2D eigenvalue weighted by atomic mass is 10.0. The molecule has 2 rings (SSSR count). The van der Waals surface area contributed by atoms with Crippen molar-refractivity contribution in [3.8, 4) is 0 Å². The third-order valence-electron chi connectivity index (χ3n) is 4.06. The Balaban J connectivity index is 2.23. The molecule has 0 aromatic carbocycles. The molecule has 2 aliphatic heterocycles. The smallest absolute Gasteiger partial charge is 0.324 e. The van der Waals surface area contributed by atoms with Crippen molar-refractivity contribution < 1.29 is 17.9 Å². The summed E-state index contributed by atoms with van der Waals surface area (Å²) in [6.45, 7) is 7.81. The summed E-state index contributed by atoms with van der Waals surface area (Å²) in [4.78, 5) is 12.0. The van der Waals surface area contributed by atoms with Gasteiger partial charge in [0.15, 0.2) is 0 Å². The van der Waals surface area contributed by atoms with Crippen molar-refractivity contribution in [2.45, 2.75) is 45.2 Å². The van der Waals surface area contributed by atoms with Crippen LogP contribution in [0.15, 0.2) is 0 Å². The van der Waals surface area contributed by atoms with Crippen molar-refractivity contribution in [1.29, 1.82) is 0 Å². The Kier molecular flexibility index (Phi) is 4.92. The number of hydrogen-bond acceptors (Lipinski definition) is 5. The normalized spacial score (nSPS) is 27.7. The van der Waals surface area contributed by atoms with Crippen molar-refractivity contribution in [2.24, 2.45) is 0 Å². The number of nitrogens with zero attached hydrogens (tertiary/aromatic N) is 2. The van der Waals surface area contributed by atoms with Crippen molar-refractivity contribution in [3.63, 3.8) is 0 Å². The topological polar surface area (TPSA) is 79.0 Å². The van der Waals surface area contributed by atoms with Crippen LogP contribution in [0.2, 0.25) is 0 Å². The van der Waals surface area contributed by atoms with Gasteiger partial charge in [0.05, 0.1) is 6.61 Å². The van der Waals surface area contributed by atoms with Crippen LogP contribution in [0.4, 0.5) is 0 Å². The van der Waals surface area contributed by atoms with Crippen LogP contribution in [0.5, 0.6) is 0 Å². The lowest BCUT2D eigenvalue weighted by Gasteiger charge is -2.43. The Labute approximate surface area is 126 Å². The van der Waals surface area contributed by atoms with E-state index in [-0.39, 0.29) is 6.61 Å². The molecule has 1 atom stereocenters. The molecule has 0 spiro atoms. The minimum absolute atomic E-state index is 0.266. The first-order chi connectivity index (χ1) is 9.80. The van der Waals surface area contributed by atoms with Gasteiger partial charge in [-0.25, -0.2) is 0 Å². The van der Waals surface area contributed by atoms with Crippen LogP contribution in [-0.2, 0) is 19.7 Å². The highest BCUT2D eigenvalue weighted by atomic mass is 32.2. The number of rotatable bonds is 4. The number of nitrogens with one attached hydrogen (secondary N) is 1. The second-order valence-electron chi connectivity index (χ2n) is 6.09. The quantitative estimate of drug-likeness (QED) is 0.735. The van der Waals surface area contributed by atoms with Gasteiger partial charge in [-0.05, 0) is 33.6 Å². The van der Waals surface area contributed by atoms with Crippen LogP contribution < -0.4 is 5.32 Å². The van der Waals surface area contributed by atoms with Crippen LogP contribution >= 0.6 is 0 Å². The van der Waals surface area contributed by atoms with Gasteiger partial charge in [-0.3, -0.25) is 4.79 Å². The fourth-order valence-electron chi connectivity index (χ4n) is 3.01. The SMILES string of the molecule is CCOC(=O)C1CCCN1S(=O)(=O)N1CCNCC1(C)C. The highest BCUT2D eigenvalue weighted by Crippen LogP contribution is 2.29. The molecule has 21 heavy (non-hydrogen) atoms. The molecule has 122 valence electrons. The minimum Gasteiger partial charge on any atom is -0.465 e. The molecule has 0 radical (unpaired) electrons. The zero-order chi connectivity index (χ0) is 15.7. The maximum absolute atomic E-state index is 12.9. The van der Waals surface area contributed by atoms with E-state index in [2.05, 4.69) is 5.32 Å². The largest absolute Gasteiger partial charge is 0.465 e. The Bertz CT molecular complexity index is 492. The van der Waals surface area contributed by atoms with Crippen molar-refractivity contribution >= 4 is 16.2 Å². The summed E-state index contributed by atoms with van der Waals surface area (Å²) < 4.78 is 33.7. The summed E-state index contributed by atoms with van der Waals surface area (Å²) >= 11 is 0. The van der Waals surface area contributed by atoms with Gasteiger partial charge in [0.2, 0.25) is 0 Å². The average Bonchev–Trinajstić information content (AvgIpc) is 2.88. The Morgan fingerprint density at radius 3 is 2.71 bits per heavy atom. The fraction of sp³-hybridized carbons (Fsp3) is 0.923. The van der Waals surface area contributed by atoms with Gasteiger partial charge in [0, 0.05) is 31.7 Å². The fourth-order valence-corrected chi connectivity index (χ4v) is 5.15. The van der Waals surface area contributed by atoms with Gasteiger partial charge >= 0.3 is 5.97 Å². The van der Waals surface area contributed by atoms with Crippen LogP contribution in [-0.4, -0.2) is 67.4 Å². The van der Waals surface area contributed by atoms with E-state index >= 15 is 0 Å². The van der Waals surface area contributed by atoms with Crippen molar-refractivity contribution in [3.05, 3.63) is 0 Å². The molecule has 0 saturated carbocycles. The van der Waals surface area contributed by atoms with E-state index in [1.54, 1.807) is 6.92 Å². The Morgan fingerprint density at radius 2 is 2.10 bits per heavy atom. The van der Waals surface area contributed by atoms with Crippen LogP contribution in [0.25, 0.3) is 0 Å². The predicted octanol–water partition coefficient (Wildman–Crippen LogP) is -0.0575. The molecule has 0 bridgehead atoms. The van der Waals surface area contributed by atoms with Gasteiger partial charge in [0.25, 0.3) is 10.2 Å². The summed E-state index contributed by atoms with van der Waals surface area (Å²) in [5.74, 6) is -0.438. The number of carbonyl (C=O) groups is 1. The molecule has 2 saturated heterocycles. The number of ether oxygens (including phenoxy) is 1. The standard InChI is InChI=1S/C13H25N3O4S/c1-4-20-12(17)11-6-5-8-15(11)21(18,19)16-9-7-14-10-13(16,2)3/h11,14H,4-10H2,1-3H3. The Hall–Kier alpha value is -0.700. The number of carbonyl (C=O) groups excluding carboxylic acids is 1. The second-order valence-corrected chi connectivity index (χ2v) is 7.90. The summed E-state index contributed by atoms with van der Waals surface area (Å²) in [6.07, 6.45) is 1.22. The van der Waals surface area contributed by atoms with E-state index in [9.17, 15) is 13.2 Å². The zero-order valence-electron chi connectivity index (χ0n) is 13.0. The number of piperazine rings is 1. The van der Waals surface area contributed by atoms with E-state index in [1.165, 1.54) is 8.61 Å². The van der Waals surface area contributed by atoms with Gasteiger partial charge in [-0.15, -0.1) is 0 Å². The maximum Gasteiger partial charge on any atom is 0.324 e. The minimum atomic E-state index is -3.66. The molecule has 0 aromatic heterocycles. The molecular formula is C13H25N3O4S. The number of hydrogen-bond donors (Lipinski definition) is 1. The highest BCUT2D eigenvalue weighted by molar-refractivity contribution is 7.86. The molecule has 0 amide bonds. The first-order valence-corrected chi connectivity index (χ1v) is 8.87. The predicted molar refractivity (Wildman–Crippen MR) is 78.9 cm³/mol. The first-order valence-electron chi connectivity index (χ1n) is 7.47. The van der Waals surface area contributed by atoms with Crippen LogP contribution in [0, 0.1) is 0 Å². The molecule has 1 unspecified atom stereocenters. The molecule has 8 heteroatoms. The molecular weight excluding hydrogens is 294 g/mol. The Morgan fingerprint density at radius 1 is 1.38 bits per heavy atom. The highest BCUT2D eigenvalue weighted by Gasteiger charge is 2.47. The summed E-state index contributed by atoms with van der Waals surface area (Å²) in [7, 11) is -3.66. The third-order valence-corrected chi connectivity index (χ3v) is 6.33. The molecule has 2 fully saturated rings. The maximum atomic E-state index is 12.9. The van der Waals surface area contributed by atoms with Gasteiger partial charge < -0.3 is 10.1 Å². The lowest BCUT2D eigenvalue weighted by molar-refractivity contribution is -0.147. The third kappa shape index (κ3) is 3.23. The second kappa shape index (κ2) is 6.20. The monoisotopic (exact) mass is 319 g/mol. The molecule has 0 aromatic rings. The van der Waals surface area contributed by atoms with Crippen LogP contribution in [0.1, 0.15) is 33.6 Å². The van der Waals surface area contributed by atoms with Crippen LogP contribution in [0.3, 0.4) is 0 Å². The van der Waals surface area contributed by atoms with E-state index < -0.39 is 27.8 Å². The lowest BCUT2D eigenvalue weighted by Crippen LogP contribution is -2.63. The summed E-state index contributed by atoms with van der Waals surface area (Å²) in [5.41, 5.74) is -0.501. The van der Waals surface area contributed by atoms with E-state index in [1.807, 2.05) is 13.8 Å².